The molecule has 3 aliphatic rings. The monoisotopic (exact) mass is 383 g/mol. The summed E-state index contributed by atoms with van der Waals surface area (Å²) < 4.78 is 4.03. The van der Waals surface area contributed by atoms with Gasteiger partial charge in [0.15, 0.2) is 0 Å². The SMILES string of the molecule is Cn1cncc1[C@H]1[C@H](NC(=O)N2CCn3ccnc3C2)CCC(=O)N1C1CC1. The Balaban J connectivity index is 1.37. The number of aromatic nitrogens is 4. The number of piperidine rings is 1. The summed E-state index contributed by atoms with van der Waals surface area (Å²) in [6.45, 7) is 1.92. The van der Waals surface area contributed by atoms with Gasteiger partial charge in [-0.15, -0.1) is 0 Å². The molecule has 2 aromatic rings. The van der Waals surface area contributed by atoms with Gasteiger partial charge >= 0.3 is 6.03 Å². The van der Waals surface area contributed by atoms with E-state index >= 15 is 0 Å². The number of rotatable bonds is 3. The minimum atomic E-state index is -0.169. The molecule has 0 aromatic carbocycles. The van der Waals surface area contributed by atoms with E-state index in [1.165, 1.54) is 0 Å². The van der Waals surface area contributed by atoms with Crippen molar-refractivity contribution < 1.29 is 9.59 Å². The Hall–Kier alpha value is -2.84. The third-order valence-corrected chi connectivity index (χ3v) is 6.08. The molecule has 1 saturated heterocycles. The zero-order valence-electron chi connectivity index (χ0n) is 16.0. The van der Waals surface area contributed by atoms with Gasteiger partial charge in [-0.3, -0.25) is 4.79 Å². The second-order valence-corrected chi connectivity index (χ2v) is 7.96. The predicted octanol–water partition coefficient (Wildman–Crippen LogP) is 1.04. The largest absolute Gasteiger partial charge is 0.336 e. The van der Waals surface area contributed by atoms with Gasteiger partial charge in [0.1, 0.15) is 5.82 Å². The summed E-state index contributed by atoms with van der Waals surface area (Å²) >= 11 is 0. The first-order valence-electron chi connectivity index (χ1n) is 9.94. The zero-order chi connectivity index (χ0) is 19.3. The van der Waals surface area contributed by atoms with E-state index < -0.39 is 0 Å². The molecule has 28 heavy (non-hydrogen) atoms. The van der Waals surface area contributed by atoms with Crippen LogP contribution in [0.3, 0.4) is 0 Å². The molecule has 5 rings (SSSR count). The van der Waals surface area contributed by atoms with Gasteiger partial charge in [-0.1, -0.05) is 0 Å². The lowest BCUT2D eigenvalue weighted by Gasteiger charge is -2.42. The summed E-state index contributed by atoms with van der Waals surface area (Å²) in [7, 11) is 1.94. The molecular formula is C19H25N7O2. The average molecular weight is 383 g/mol. The minimum absolute atomic E-state index is 0.0866. The summed E-state index contributed by atoms with van der Waals surface area (Å²) in [4.78, 5) is 38.1. The fraction of sp³-hybridized carbons (Fsp3) is 0.579. The first-order chi connectivity index (χ1) is 13.6. The summed E-state index contributed by atoms with van der Waals surface area (Å²) in [6, 6.07) is -0.0917. The van der Waals surface area contributed by atoms with E-state index in [1.54, 1.807) is 17.4 Å². The Morgan fingerprint density at radius 3 is 2.86 bits per heavy atom. The summed E-state index contributed by atoms with van der Waals surface area (Å²) in [5.41, 5.74) is 0.972. The lowest BCUT2D eigenvalue weighted by Crippen LogP contribution is -2.56. The van der Waals surface area contributed by atoms with Gasteiger partial charge in [-0.05, 0) is 19.3 Å². The Labute approximate surface area is 163 Å². The van der Waals surface area contributed by atoms with Gasteiger partial charge in [0, 0.05) is 45.0 Å². The van der Waals surface area contributed by atoms with Crippen LogP contribution in [0, 0.1) is 0 Å². The molecule has 1 saturated carbocycles. The minimum Gasteiger partial charge on any atom is -0.336 e. The van der Waals surface area contributed by atoms with Crippen molar-refractivity contribution >= 4 is 11.9 Å². The van der Waals surface area contributed by atoms with Crippen molar-refractivity contribution in [3.05, 3.63) is 36.4 Å². The molecule has 0 spiro atoms. The van der Waals surface area contributed by atoms with Crippen LogP contribution in [-0.4, -0.2) is 59.5 Å². The molecule has 0 radical (unpaired) electrons. The number of hydrogen-bond donors (Lipinski definition) is 1. The van der Waals surface area contributed by atoms with Crippen LogP contribution in [0.4, 0.5) is 4.79 Å². The molecular weight excluding hydrogens is 358 g/mol. The van der Waals surface area contributed by atoms with E-state index in [0.717, 1.165) is 30.9 Å². The van der Waals surface area contributed by atoms with Gasteiger partial charge in [0.05, 0.1) is 36.8 Å². The third-order valence-electron chi connectivity index (χ3n) is 6.08. The highest BCUT2D eigenvalue weighted by Gasteiger charge is 2.46. The molecule has 2 fully saturated rings. The Morgan fingerprint density at radius 1 is 1.25 bits per heavy atom. The maximum absolute atomic E-state index is 13.0. The molecule has 2 aromatic heterocycles. The Bertz CT molecular complexity index is 900. The van der Waals surface area contributed by atoms with Gasteiger partial charge < -0.3 is 24.3 Å². The van der Waals surface area contributed by atoms with Crippen LogP contribution >= 0.6 is 0 Å². The molecule has 0 bridgehead atoms. The molecule has 4 heterocycles. The van der Waals surface area contributed by atoms with Crippen molar-refractivity contribution in [2.45, 2.75) is 56.9 Å². The van der Waals surface area contributed by atoms with Crippen molar-refractivity contribution in [3.8, 4) is 0 Å². The maximum Gasteiger partial charge on any atom is 0.318 e. The number of amides is 3. The third kappa shape index (κ3) is 2.94. The highest BCUT2D eigenvalue weighted by Crippen LogP contribution is 2.40. The first-order valence-corrected chi connectivity index (χ1v) is 9.94. The molecule has 1 aliphatic carbocycles. The van der Waals surface area contributed by atoms with Crippen molar-refractivity contribution in [1.29, 1.82) is 0 Å². The molecule has 0 unspecified atom stereocenters. The van der Waals surface area contributed by atoms with Crippen LogP contribution in [0.15, 0.2) is 24.9 Å². The van der Waals surface area contributed by atoms with Crippen LogP contribution in [-0.2, 0) is 24.9 Å². The van der Waals surface area contributed by atoms with E-state index in [9.17, 15) is 9.59 Å². The van der Waals surface area contributed by atoms with Crippen LogP contribution in [0.2, 0.25) is 0 Å². The fourth-order valence-corrected chi connectivity index (χ4v) is 4.45. The highest BCUT2D eigenvalue weighted by molar-refractivity contribution is 5.80. The lowest BCUT2D eigenvalue weighted by atomic mass is 9.93. The van der Waals surface area contributed by atoms with Gasteiger partial charge in [0.2, 0.25) is 5.91 Å². The predicted molar refractivity (Wildman–Crippen MR) is 100 cm³/mol. The normalized spacial score (nSPS) is 25.0. The molecule has 2 atom stereocenters. The first kappa shape index (κ1) is 17.3. The topological polar surface area (TPSA) is 88.3 Å². The molecule has 1 N–H and O–H groups in total. The standard InChI is InChI=1S/C19H25N7O2/c1-23-12-20-10-15(23)18-14(4-5-17(27)26(18)13-2-3-13)22-19(28)25-9-8-24-7-6-21-16(24)11-25/h6-7,10,12-14,18H,2-5,8-9,11H2,1H3,(H,22,28)/t14-,18-/m1/s1. The summed E-state index contributed by atoms with van der Waals surface area (Å²) in [5, 5.41) is 3.23. The van der Waals surface area contributed by atoms with Gasteiger partial charge in [0.25, 0.3) is 0 Å². The van der Waals surface area contributed by atoms with E-state index in [0.29, 0.717) is 25.9 Å². The van der Waals surface area contributed by atoms with Crippen LogP contribution in [0.5, 0.6) is 0 Å². The van der Waals surface area contributed by atoms with E-state index in [1.807, 2.05) is 28.9 Å². The van der Waals surface area contributed by atoms with Gasteiger partial charge in [-0.2, -0.15) is 0 Å². The summed E-state index contributed by atoms with van der Waals surface area (Å²) in [6.07, 6.45) is 10.5. The average Bonchev–Trinajstić information content (AvgIpc) is 3.26. The number of carbonyl (C=O) groups excluding carboxylic acids is 2. The second kappa shape index (κ2) is 6.65. The number of imidazole rings is 2. The number of hydrogen-bond acceptors (Lipinski definition) is 4. The molecule has 9 heteroatoms. The fourth-order valence-electron chi connectivity index (χ4n) is 4.45. The van der Waals surface area contributed by atoms with Crippen LogP contribution in [0.1, 0.15) is 43.2 Å². The number of likely N-dealkylation sites (tertiary alicyclic amines) is 1. The number of nitrogens with zero attached hydrogens (tertiary/aromatic N) is 6. The number of urea groups is 1. The molecule has 9 nitrogen and oxygen atoms in total. The van der Waals surface area contributed by atoms with E-state index in [4.69, 9.17) is 0 Å². The van der Waals surface area contributed by atoms with Crippen molar-refractivity contribution in [1.82, 2.24) is 34.2 Å². The Kier molecular flexibility index (Phi) is 4.10. The molecule has 3 amide bonds. The summed E-state index contributed by atoms with van der Waals surface area (Å²) in [5.74, 6) is 1.09. The number of aryl methyl sites for hydroxylation is 1. The molecule has 148 valence electrons. The van der Waals surface area contributed by atoms with Crippen LogP contribution in [0.25, 0.3) is 0 Å². The zero-order valence-corrected chi connectivity index (χ0v) is 16.0. The van der Waals surface area contributed by atoms with Crippen molar-refractivity contribution in [2.75, 3.05) is 6.54 Å². The highest BCUT2D eigenvalue weighted by atomic mass is 16.2. The van der Waals surface area contributed by atoms with Crippen LogP contribution < -0.4 is 5.32 Å². The van der Waals surface area contributed by atoms with Crippen molar-refractivity contribution in [3.63, 3.8) is 0 Å². The van der Waals surface area contributed by atoms with Gasteiger partial charge in [-0.25, -0.2) is 14.8 Å². The lowest BCUT2D eigenvalue weighted by molar-refractivity contribution is -0.138. The van der Waals surface area contributed by atoms with E-state index in [2.05, 4.69) is 19.9 Å². The Morgan fingerprint density at radius 2 is 2.11 bits per heavy atom. The quantitative estimate of drug-likeness (QED) is 0.858. The molecule has 2 aliphatic heterocycles. The van der Waals surface area contributed by atoms with E-state index in [-0.39, 0.29) is 30.1 Å². The number of nitrogens with one attached hydrogen (secondary N) is 1. The maximum atomic E-state index is 13.0. The smallest absolute Gasteiger partial charge is 0.318 e. The van der Waals surface area contributed by atoms with Crippen molar-refractivity contribution in [2.24, 2.45) is 7.05 Å². The second-order valence-electron chi connectivity index (χ2n) is 7.96. The number of fused-ring (bicyclic) bond motifs is 1. The number of carbonyl (C=O) groups is 2.